The van der Waals surface area contributed by atoms with E-state index in [1.165, 1.54) is 0 Å². The van der Waals surface area contributed by atoms with E-state index in [1.54, 1.807) is 56.4 Å². The quantitative estimate of drug-likeness (QED) is 0.366. The molecule has 0 aliphatic rings. The molecule has 0 radical (unpaired) electrons. The number of aliphatic carboxylic acids is 1. The molecule has 2 rings (SSSR count). The van der Waals surface area contributed by atoms with Gasteiger partial charge in [0.25, 0.3) is 0 Å². The molecule has 0 saturated carbocycles. The van der Waals surface area contributed by atoms with Gasteiger partial charge in [-0.05, 0) is 55.8 Å². The smallest absolute Gasteiger partial charge is 0.333 e. The number of rotatable bonds is 8. The summed E-state index contributed by atoms with van der Waals surface area (Å²) in [6.07, 6.45) is 0. The second-order valence-corrected chi connectivity index (χ2v) is 5.94. The van der Waals surface area contributed by atoms with Crippen LogP contribution in [0.15, 0.2) is 42.5 Å². The molecule has 2 aromatic rings. The lowest BCUT2D eigenvalue weighted by Crippen LogP contribution is -2.40. The van der Waals surface area contributed by atoms with E-state index in [-0.39, 0.29) is 5.84 Å². The molecule has 7 heteroatoms. The average molecular weight is 356 g/mol. The first kappa shape index (κ1) is 19.1. The second-order valence-electron chi connectivity index (χ2n) is 5.94. The number of ether oxygens (including phenoxy) is 1. The Hall–Kier alpha value is -3.22. The van der Waals surface area contributed by atoms with Crippen molar-refractivity contribution in [1.29, 1.82) is 5.41 Å². The van der Waals surface area contributed by atoms with Crippen molar-refractivity contribution in [2.45, 2.75) is 19.4 Å². The van der Waals surface area contributed by atoms with Crippen LogP contribution in [0.1, 0.15) is 25.0 Å². The van der Waals surface area contributed by atoms with E-state index in [0.717, 1.165) is 0 Å². The molecule has 138 valence electrons. The molecule has 7 nitrogen and oxygen atoms in total. The first-order valence-corrected chi connectivity index (χ1v) is 8.23. The van der Waals surface area contributed by atoms with Crippen molar-refractivity contribution in [3.8, 4) is 5.75 Å². The number of carboxylic acids is 1. The number of benzene rings is 2. The van der Waals surface area contributed by atoms with Gasteiger partial charge in [0, 0.05) is 18.3 Å². The zero-order valence-corrected chi connectivity index (χ0v) is 15.1. The lowest BCUT2D eigenvalue weighted by Gasteiger charge is -2.29. The Morgan fingerprint density at radius 3 is 2.42 bits per heavy atom. The molecule has 0 heterocycles. The number of carboxylic acid groups (broad SMARTS) is 1. The Bertz CT molecular complexity index is 805. The minimum atomic E-state index is -1.35. The standard InChI is InChI=1S/C19H24N4O3/c1-4-26-16-10-7-13(11-15(16)22-3)19(2,18(24)25)23-14-8-5-12(6-9-14)17(20)21/h5-11,22-23H,4H2,1-3H3,(H3,20,21)(H,24,25). The van der Waals surface area contributed by atoms with Gasteiger partial charge in [-0.2, -0.15) is 0 Å². The maximum absolute atomic E-state index is 12.0. The van der Waals surface area contributed by atoms with Crippen LogP contribution in [-0.4, -0.2) is 30.6 Å². The van der Waals surface area contributed by atoms with Gasteiger partial charge in [0.1, 0.15) is 11.6 Å². The fourth-order valence-corrected chi connectivity index (χ4v) is 2.59. The highest BCUT2D eigenvalue weighted by atomic mass is 16.5. The molecule has 0 aliphatic heterocycles. The Morgan fingerprint density at radius 1 is 1.27 bits per heavy atom. The fourth-order valence-electron chi connectivity index (χ4n) is 2.59. The van der Waals surface area contributed by atoms with E-state index in [9.17, 15) is 9.90 Å². The van der Waals surface area contributed by atoms with Crippen LogP contribution in [-0.2, 0) is 10.3 Å². The highest BCUT2D eigenvalue weighted by molar-refractivity contribution is 5.95. The van der Waals surface area contributed by atoms with Gasteiger partial charge in [-0.1, -0.05) is 6.07 Å². The molecule has 2 aromatic carbocycles. The third-order valence-corrected chi connectivity index (χ3v) is 4.14. The van der Waals surface area contributed by atoms with Crippen molar-refractivity contribution in [1.82, 2.24) is 0 Å². The SMILES string of the molecule is CCOc1ccc(C(C)(Nc2ccc(C(=N)N)cc2)C(=O)O)cc1NC. The van der Waals surface area contributed by atoms with E-state index in [2.05, 4.69) is 10.6 Å². The molecule has 0 saturated heterocycles. The summed E-state index contributed by atoms with van der Waals surface area (Å²) in [7, 11) is 1.76. The molecular formula is C19H24N4O3. The van der Waals surface area contributed by atoms with E-state index < -0.39 is 11.5 Å². The highest BCUT2D eigenvalue weighted by Gasteiger charge is 2.35. The number of amidine groups is 1. The number of carbonyl (C=O) groups is 1. The molecule has 6 N–H and O–H groups in total. The summed E-state index contributed by atoms with van der Waals surface area (Å²) in [5.74, 6) is -0.389. The summed E-state index contributed by atoms with van der Waals surface area (Å²) in [5, 5.41) is 23.4. The van der Waals surface area contributed by atoms with E-state index in [1.807, 2.05) is 6.92 Å². The first-order chi connectivity index (χ1) is 12.3. The van der Waals surface area contributed by atoms with Gasteiger partial charge >= 0.3 is 5.97 Å². The van der Waals surface area contributed by atoms with Crippen molar-refractivity contribution in [2.24, 2.45) is 5.73 Å². The van der Waals surface area contributed by atoms with Crippen LogP contribution in [0, 0.1) is 5.41 Å². The number of anilines is 2. The largest absolute Gasteiger partial charge is 0.492 e. The number of hydrogen-bond donors (Lipinski definition) is 5. The van der Waals surface area contributed by atoms with E-state index >= 15 is 0 Å². The zero-order chi connectivity index (χ0) is 19.3. The van der Waals surface area contributed by atoms with Crippen molar-refractivity contribution in [2.75, 3.05) is 24.3 Å². The number of hydrogen-bond acceptors (Lipinski definition) is 5. The van der Waals surface area contributed by atoms with Gasteiger partial charge in [-0.25, -0.2) is 4.79 Å². The van der Waals surface area contributed by atoms with Crippen LogP contribution >= 0.6 is 0 Å². The molecular weight excluding hydrogens is 332 g/mol. The van der Waals surface area contributed by atoms with Crippen LogP contribution < -0.4 is 21.1 Å². The van der Waals surface area contributed by atoms with Gasteiger partial charge in [-0.3, -0.25) is 5.41 Å². The van der Waals surface area contributed by atoms with Gasteiger partial charge in [0.05, 0.1) is 12.3 Å². The first-order valence-electron chi connectivity index (χ1n) is 8.23. The van der Waals surface area contributed by atoms with Crippen molar-refractivity contribution < 1.29 is 14.6 Å². The predicted octanol–water partition coefficient (Wildman–Crippen LogP) is 2.82. The fraction of sp³-hybridized carbons (Fsp3) is 0.263. The maximum Gasteiger partial charge on any atom is 0.333 e. The van der Waals surface area contributed by atoms with Crippen LogP contribution in [0.2, 0.25) is 0 Å². The van der Waals surface area contributed by atoms with Gasteiger partial charge in [0.2, 0.25) is 0 Å². The molecule has 0 bridgehead atoms. The predicted molar refractivity (Wildman–Crippen MR) is 103 cm³/mol. The van der Waals surface area contributed by atoms with Crippen molar-refractivity contribution in [3.63, 3.8) is 0 Å². The second kappa shape index (κ2) is 7.77. The maximum atomic E-state index is 12.0. The molecule has 0 spiro atoms. The molecule has 1 atom stereocenters. The van der Waals surface area contributed by atoms with E-state index in [4.69, 9.17) is 15.9 Å². The van der Waals surface area contributed by atoms with Gasteiger partial charge in [0.15, 0.2) is 5.54 Å². The van der Waals surface area contributed by atoms with Gasteiger partial charge in [-0.15, -0.1) is 0 Å². The monoisotopic (exact) mass is 356 g/mol. The minimum absolute atomic E-state index is 0.0391. The van der Waals surface area contributed by atoms with Crippen molar-refractivity contribution in [3.05, 3.63) is 53.6 Å². The molecule has 26 heavy (non-hydrogen) atoms. The lowest BCUT2D eigenvalue weighted by molar-refractivity contribution is -0.142. The average Bonchev–Trinajstić information content (AvgIpc) is 2.62. The molecule has 0 fully saturated rings. The third-order valence-electron chi connectivity index (χ3n) is 4.14. The van der Waals surface area contributed by atoms with Gasteiger partial charge < -0.3 is 26.2 Å². The number of nitrogen functional groups attached to an aromatic ring is 1. The Kier molecular flexibility index (Phi) is 5.71. The normalized spacial score (nSPS) is 12.7. The molecule has 1 unspecified atom stereocenters. The van der Waals surface area contributed by atoms with Crippen LogP contribution in [0.4, 0.5) is 11.4 Å². The van der Waals surface area contributed by atoms with Crippen LogP contribution in [0.3, 0.4) is 0 Å². The van der Waals surface area contributed by atoms with E-state index in [0.29, 0.717) is 34.9 Å². The summed E-state index contributed by atoms with van der Waals surface area (Å²) in [4.78, 5) is 12.0. The Labute approximate surface area is 152 Å². The van der Waals surface area contributed by atoms with Crippen LogP contribution in [0.5, 0.6) is 5.75 Å². The minimum Gasteiger partial charge on any atom is -0.492 e. The topological polar surface area (TPSA) is 120 Å². The molecule has 0 aromatic heterocycles. The van der Waals surface area contributed by atoms with Crippen LogP contribution in [0.25, 0.3) is 0 Å². The summed E-state index contributed by atoms with van der Waals surface area (Å²) in [6, 6.07) is 12.0. The Morgan fingerprint density at radius 2 is 1.92 bits per heavy atom. The number of nitrogens with one attached hydrogen (secondary N) is 3. The summed E-state index contributed by atoms with van der Waals surface area (Å²) >= 11 is 0. The summed E-state index contributed by atoms with van der Waals surface area (Å²) < 4.78 is 5.55. The summed E-state index contributed by atoms with van der Waals surface area (Å²) in [5.41, 5.74) is 6.57. The zero-order valence-electron chi connectivity index (χ0n) is 15.1. The molecule has 0 amide bonds. The Balaban J connectivity index is 2.40. The molecule has 0 aliphatic carbocycles. The highest BCUT2D eigenvalue weighted by Crippen LogP contribution is 2.33. The number of nitrogens with two attached hydrogens (primary N) is 1. The lowest BCUT2D eigenvalue weighted by atomic mass is 9.91. The third kappa shape index (κ3) is 3.88. The van der Waals surface area contributed by atoms with Crippen molar-refractivity contribution >= 4 is 23.2 Å². The summed E-state index contributed by atoms with van der Waals surface area (Å²) in [6.45, 7) is 4.01.